The van der Waals surface area contributed by atoms with Crippen LogP contribution in [0, 0.1) is 23.3 Å². The Bertz CT molecular complexity index is 203. The third-order valence-corrected chi connectivity index (χ3v) is 0.866. The summed E-state index contributed by atoms with van der Waals surface area (Å²) in [7, 11) is 0. The van der Waals surface area contributed by atoms with Crippen molar-refractivity contribution in [3.05, 3.63) is 29.3 Å². The van der Waals surface area contributed by atoms with Gasteiger partial charge in [-0.3, -0.25) is 8.78 Å². The van der Waals surface area contributed by atoms with Gasteiger partial charge in [0, 0.05) is 11.6 Å². The minimum atomic E-state index is -1.76. The maximum atomic E-state index is 11.8. The molecule has 0 N–H and O–H groups in total. The molecule has 0 saturated heterocycles. The Kier molecular flexibility index (Phi) is 1.23. The second-order valence-corrected chi connectivity index (χ2v) is 1.47. The maximum Gasteiger partial charge on any atom is 0.0795 e. The van der Waals surface area contributed by atoms with E-state index in [9.17, 15) is 17.6 Å². The number of hydrogen-bond acceptors (Lipinski definition) is 0. The molecule has 0 heterocycles. The lowest BCUT2D eigenvalue weighted by Gasteiger charge is -1.88. The van der Waals surface area contributed by atoms with Crippen molar-refractivity contribution in [3.8, 4) is 0 Å². The standard InChI is InChI=1S/C5HF4/c6-2-1-3(7)5(9)4(2)8/h1H/q-1. The summed E-state index contributed by atoms with van der Waals surface area (Å²) in [4.78, 5) is 0. The van der Waals surface area contributed by atoms with Crippen LogP contribution in [0.3, 0.4) is 0 Å². The van der Waals surface area contributed by atoms with Gasteiger partial charge in [-0.25, -0.2) is 8.78 Å². The SMILES string of the molecule is Fc1cc(F)[c-](F)c1F. The molecule has 0 nitrogen and oxygen atoms in total. The van der Waals surface area contributed by atoms with Gasteiger partial charge in [0.15, 0.2) is 0 Å². The van der Waals surface area contributed by atoms with Gasteiger partial charge in [-0.05, 0) is 0 Å². The van der Waals surface area contributed by atoms with Crippen LogP contribution in [0.25, 0.3) is 0 Å². The third kappa shape index (κ3) is 0.800. The Morgan fingerprint density at radius 1 is 1.22 bits per heavy atom. The fraction of sp³-hybridized carbons (Fsp3) is 0. The van der Waals surface area contributed by atoms with Crippen LogP contribution in [0.1, 0.15) is 0 Å². The molecule has 0 aliphatic rings. The molecule has 0 radical (unpaired) electrons. The molecule has 0 amide bonds. The number of halogens is 4. The summed E-state index contributed by atoms with van der Waals surface area (Å²) < 4.78 is 47.0. The third-order valence-electron chi connectivity index (χ3n) is 0.866. The molecule has 0 aromatic heterocycles. The first kappa shape index (κ1) is 6.19. The Labute approximate surface area is 48.1 Å². The molecule has 9 heavy (non-hydrogen) atoms. The first-order chi connectivity index (χ1) is 4.13. The van der Waals surface area contributed by atoms with E-state index in [2.05, 4.69) is 0 Å². The Morgan fingerprint density at radius 3 is 1.89 bits per heavy atom. The summed E-state index contributed by atoms with van der Waals surface area (Å²) in [5, 5.41) is 0. The molecule has 0 fully saturated rings. The normalized spacial score (nSPS) is 10.2. The molecule has 0 atom stereocenters. The highest BCUT2D eigenvalue weighted by Gasteiger charge is 2.04. The maximum absolute atomic E-state index is 11.8. The van der Waals surface area contributed by atoms with Crippen LogP contribution in [0.4, 0.5) is 17.6 Å². The van der Waals surface area contributed by atoms with Crippen LogP contribution in [0.5, 0.6) is 0 Å². The molecule has 1 aromatic carbocycles. The van der Waals surface area contributed by atoms with Crippen molar-refractivity contribution >= 4 is 0 Å². The van der Waals surface area contributed by atoms with Crippen LogP contribution < -0.4 is 0 Å². The van der Waals surface area contributed by atoms with Crippen molar-refractivity contribution in [1.82, 2.24) is 0 Å². The predicted molar refractivity (Wildman–Crippen MR) is 21.9 cm³/mol. The van der Waals surface area contributed by atoms with Crippen molar-refractivity contribution in [1.29, 1.82) is 0 Å². The van der Waals surface area contributed by atoms with Crippen LogP contribution in [-0.2, 0) is 0 Å². The monoisotopic (exact) mass is 137 g/mol. The van der Waals surface area contributed by atoms with Gasteiger partial charge in [0.2, 0.25) is 0 Å². The van der Waals surface area contributed by atoms with Crippen LogP contribution in [0.2, 0.25) is 0 Å². The van der Waals surface area contributed by atoms with Gasteiger partial charge < -0.3 is 0 Å². The van der Waals surface area contributed by atoms with Gasteiger partial charge in [-0.2, -0.15) is 0 Å². The number of hydrogen-bond donors (Lipinski definition) is 0. The molecule has 0 aliphatic heterocycles. The van der Waals surface area contributed by atoms with Crippen LogP contribution in [-0.4, -0.2) is 0 Å². The summed E-state index contributed by atoms with van der Waals surface area (Å²) in [6.07, 6.45) is 0. The van der Waals surface area contributed by atoms with Crippen molar-refractivity contribution in [2.45, 2.75) is 0 Å². The van der Waals surface area contributed by atoms with E-state index in [0.29, 0.717) is 0 Å². The molecule has 1 rings (SSSR count). The fourth-order valence-corrected chi connectivity index (χ4v) is 0.448. The minimum Gasteiger partial charge on any atom is -0.294 e. The van der Waals surface area contributed by atoms with E-state index in [4.69, 9.17) is 0 Å². The van der Waals surface area contributed by atoms with E-state index < -0.39 is 23.3 Å². The van der Waals surface area contributed by atoms with Crippen LogP contribution in [0.15, 0.2) is 6.07 Å². The van der Waals surface area contributed by atoms with Crippen molar-refractivity contribution in [2.75, 3.05) is 0 Å². The van der Waals surface area contributed by atoms with Gasteiger partial charge in [-0.1, -0.05) is 0 Å². The lowest BCUT2D eigenvalue weighted by atomic mass is 10.6. The quantitative estimate of drug-likeness (QED) is 0.378. The van der Waals surface area contributed by atoms with E-state index in [0.717, 1.165) is 0 Å². The van der Waals surface area contributed by atoms with Crippen molar-refractivity contribution in [3.63, 3.8) is 0 Å². The highest BCUT2D eigenvalue weighted by atomic mass is 19.2. The van der Waals surface area contributed by atoms with Crippen molar-refractivity contribution in [2.24, 2.45) is 0 Å². The lowest BCUT2D eigenvalue weighted by molar-refractivity contribution is 0.440. The van der Waals surface area contributed by atoms with Crippen LogP contribution >= 0.6 is 0 Å². The molecule has 0 aliphatic carbocycles. The average Bonchev–Trinajstić information content (AvgIpc) is 1.98. The molecule has 1 aromatic rings. The zero-order valence-corrected chi connectivity index (χ0v) is 4.09. The average molecular weight is 137 g/mol. The summed E-state index contributed by atoms with van der Waals surface area (Å²) >= 11 is 0. The van der Waals surface area contributed by atoms with E-state index in [1.807, 2.05) is 0 Å². The topological polar surface area (TPSA) is 0 Å². The fourth-order valence-electron chi connectivity index (χ4n) is 0.448. The highest BCUT2D eigenvalue weighted by molar-refractivity contribution is 5.11. The zero-order chi connectivity index (χ0) is 7.02. The minimum absolute atomic E-state index is 0.157. The molecule has 0 saturated carbocycles. The van der Waals surface area contributed by atoms with Gasteiger partial charge in [0.25, 0.3) is 0 Å². The molecule has 0 spiro atoms. The lowest BCUT2D eigenvalue weighted by Crippen LogP contribution is -1.78. The van der Waals surface area contributed by atoms with Gasteiger partial charge >= 0.3 is 0 Å². The van der Waals surface area contributed by atoms with Gasteiger partial charge in [0.1, 0.15) is 0 Å². The summed E-state index contributed by atoms with van der Waals surface area (Å²) in [6, 6.07) is 0.157. The Hall–Kier alpha value is -0.930. The summed E-state index contributed by atoms with van der Waals surface area (Å²) in [5.74, 6) is -6.50. The molecule has 0 unspecified atom stereocenters. The highest BCUT2D eigenvalue weighted by Crippen LogP contribution is 2.15. The number of rotatable bonds is 0. The molecule has 0 bridgehead atoms. The molecule has 4 heteroatoms. The van der Waals surface area contributed by atoms with E-state index in [1.54, 1.807) is 0 Å². The smallest absolute Gasteiger partial charge is 0.0795 e. The first-order valence-corrected chi connectivity index (χ1v) is 2.08. The second-order valence-electron chi connectivity index (χ2n) is 1.47. The molecular weight excluding hydrogens is 136 g/mol. The predicted octanol–water partition coefficient (Wildman–Crippen LogP) is 1.96. The molecule has 50 valence electrons. The second kappa shape index (κ2) is 1.79. The van der Waals surface area contributed by atoms with E-state index in [-0.39, 0.29) is 6.07 Å². The summed E-state index contributed by atoms with van der Waals surface area (Å²) in [5.41, 5.74) is 0. The molecular formula is C5HF4-. The van der Waals surface area contributed by atoms with Crippen molar-refractivity contribution < 1.29 is 17.6 Å². The van der Waals surface area contributed by atoms with E-state index in [1.165, 1.54) is 0 Å². The summed E-state index contributed by atoms with van der Waals surface area (Å²) in [6.45, 7) is 0. The Morgan fingerprint density at radius 2 is 1.78 bits per heavy atom. The Balaban J connectivity index is 3.29. The van der Waals surface area contributed by atoms with E-state index >= 15 is 0 Å². The zero-order valence-electron chi connectivity index (χ0n) is 4.09. The van der Waals surface area contributed by atoms with Gasteiger partial charge in [-0.15, -0.1) is 6.07 Å². The largest absolute Gasteiger partial charge is 0.294 e. The van der Waals surface area contributed by atoms with Gasteiger partial charge in [0.05, 0.1) is 11.6 Å². The first-order valence-electron chi connectivity index (χ1n) is 2.08.